The smallest absolute Gasteiger partial charge is 0.256 e. The minimum Gasteiger partial charge on any atom is -0.324 e. The molecule has 0 aliphatic rings. The van der Waals surface area contributed by atoms with E-state index >= 15 is 0 Å². The number of aryl methyl sites for hydroxylation is 2. The number of rotatable bonds is 6. The van der Waals surface area contributed by atoms with Crippen molar-refractivity contribution >= 4 is 29.0 Å². The zero-order chi connectivity index (χ0) is 22.5. The zero-order valence-corrected chi connectivity index (χ0v) is 17.8. The summed E-state index contributed by atoms with van der Waals surface area (Å²) >= 11 is 0. The first-order valence-electron chi connectivity index (χ1n) is 10.2. The molecule has 1 aromatic heterocycles. The lowest BCUT2D eigenvalue weighted by molar-refractivity contribution is 0.0996. The van der Waals surface area contributed by atoms with Gasteiger partial charge < -0.3 is 10.6 Å². The summed E-state index contributed by atoms with van der Waals surface area (Å²) < 4.78 is 0. The molecule has 0 saturated carbocycles. The molecule has 1 amide bonds. The number of benzene rings is 3. The van der Waals surface area contributed by atoms with Crippen LogP contribution >= 0.6 is 0 Å². The van der Waals surface area contributed by atoms with Crippen LogP contribution in [-0.2, 0) is 0 Å². The van der Waals surface area contributed by atoms with Gasteiger partial charge in [-0.05, 0) is 50.2 Å². The molecule has 0 bridgehead atoms. The van der Waals surface area contributed by atoms with Gasteiger partial charge in [0.25, 0.3) is 5.91 Å². The molecule has 0 aliphatic carbocycles. The maximum Gasteiger partial charge on any atom is 0.256 e. The summed E-state index contributed by atoms with van der Waals surface area (Å²) in [6.07, 6.45) is 0. The molecule has 0 saturated heterocycles. The molecule has 32 heavy (non-hydrogen) atoms. The summed E-state index contributed by atoms with van der Waals surface area (Å²) in [6.45, 7) is 3.83. The van der Waals surface area contributed by atoms with E-state index in [1.54, 1.807) is 60.7 Å². The molecule has 4 rings (SSSR count). The number of carbonyl (C=O) groups is 2. The number of carbonyl (C=O) groups excluding carboxylic acids is 2. The molecule has 0 radical (unpaired) electrons. The highest BCUT2D eigenvalue weighted by Crippen LogP contribution is 2.20. The highest BCUT2D eigenvalue weighted by atomic mass is 16.2. The highest BCUT2D eigenvalue weighted by molar-refractivity contribution is 6.17. The summed E-state index contributed by atoms with van der Waals surface area (Å²) in [7, 11) is 0. The van der Waals surface area contributed by atoms with Crippen molar-refractivity contribution in [2.45, 2.75) is 13.8 Å². The number of aromatic nitrogens is 2. The third kappa shape index (κ3) is 4.87. The van der Waals surface area contributed by atoms with Gasteiger partial charge in [-0.25, -0.2) is 9.97 Å². The van der Waals surface area contributed by atoms with E-state index in [0.29, 0.717) is 28.3 Å². The van der Waals surface area contributed by atoms with E-state index < -0.39 is 0 Å². The average Bonchev–Trinajstić information content (AvgIpc) is 2.80. The molecule has 158 valence electrons. The number of hydrogen-bond donors (Lipinski definition) is 2. The van der Waals surface area contributed by atoms with Crippen LogP contribution in [0.15, 0.2) is 84.9 Å². The maximum atomic E-state index is 12.9. The first-order valence-corrected chi connectivity index (χ1v) is 10.2. The Balaban J connectivity index is 1.49. The van der Waals surface area contributed by atoms with Crippen molar-refractivity contribution in [3.63, 3.8) is 0 Å². The first kappa shape index (κ1) is 20.9. The van der Waals surface area contributed by atoms with E-state index in [1.165, 1.54) is 0 Å². The quantitative estimate of drug-likeness (QED) is 0.411. The van der Waals surface area contributed by atoms with Gasteiger partial charge in [-0.3, -0.25) is 9.59 Å². The molecule has 0 unspecified atom stereocenters. The fourth-order valence-electron chi connectivity index (χ4n) is 3.37. The molecule has 0 atom stereocenters. The fraction of sp³-hybridized carbons (Fsp3) is 0.0769. The summed E-state index contributed by atoms with van der Waals surface area (Å²) in [4.78, 5) is 34.5. The van der Waals surface area contributed by atoms with Crippen LogP contribution in [-0.4, -0.2) is 21.7 Å². The molecular weight excluding hydrogens is 400 g/mol. The van der Waals surface area contributed by atoms with Crippen molar-refractivity contribution in [2.24, 2.45) is 0 Å². The summed E-state index contributed by atoms with van der Waals surface area (Å²) in [5, 5.41) is 6.02. The van der Waals surface area contributed by atoms with Crippen molar-refractivity contribution in [2.75, 3.05) is 10.6 Å². The van der Waals surface area contributed by atoms with E-state index in [-0.39, 0.29) is 11.7 Å². The van der Waals surface area contributed by atoms with Crippen LogP contribution in [0.2, 0.25) is 0 Å². The van der Waals surface area contributed by atoms with Gasteiger partial charge in [-0.15, -0.1) is 0 Å². The number of ketones is 1. The Labute approximate surface area is 186 Å². The van der Waals surface area contributed by atoms with Gasteiger partial charge in [0.2, 0.25) is 5.95 Å². The van der Waals surface area contributed by atoms with Crippen LogP contribution < -0.4 is 10.6 Å². The number of amides is 1. The molecular formula is C26H22N4O2. The van der Waals surface area contributed by atoms with Gasteiger partial charge in [0, 0.05) is 33.9 Å². The standard InChI is InChI=1S/C26H22N4O2/c1-17-16-18(2)28-26(27-17)30-21-14-12-20(13-15-21)29-25(32)23-11-7-6-10-22(23)24(31)19-8-4-3-5-9-19/h3-16H,1-2H3,(H,29,32)(H,27,28,30). The molecule has 6 nitrogen and oxygen atoms in total. The Hall–Kier alpha value is -4.32. The van der Waals surface area contributed by atoms with Crippen LogP contribution in [0.25, 0.3) is 0 Å². The number of nitrogens with zero attached hydrogens (tertiary/aromatic N) is 2. The van der Waals surface area contributed by atoms with E-state index in [0.717, 1.165) is 17.1 Å². The third-order valence-electron chi connectivity index (χ3n) is 4.83. The third-order valence-corrected chi connectivity index (χ3v) is 4.83. The topological polar surface area (TPSA) is 84.0 Å². The SMILES string of the molecule is Cc1cc(C)nc(Nc2ccc(NC(=O)c3ccccc3C(=O)c3ccccc3)cc2)n1. The minimum atomic E-state index is -0.344. The van der Waals surface area contributed by atoms with Crippen LogP contribution in [0, 0.1) is 13.8 Å². The highest BCUT2D eigenvalue weighted by Gasteiger charge is 2.18. The van der Waals surface area contributed by atoms with Gasteiger partial charge in [-0.2, -0.15) is 0 Å². The normalized spacial score (nSPS) is 10.4. The van der Waals surface area contributed by atoms with E-state index in [2.05, 4.69) is 20.6 Å². The van der Waals surface area contributed by atoms with Crippen LogP contribution in [0.5, 0.6) is 0 Å². The molecule has 2 N–H and O–H groups in total. The molecule has 6 heteroatoms. The molecule has 1 heterocycles. The largest absolute Gasteiger partial charge is 0.324 e. The lowest BCUT2D eigenvalue weighted by Gasteiger charge is -2.11. The summed E-state index contributed by atoms with van der Waals surface area (Å²) in [5.74, 6) is -0.0137. The second-order valence-electron chi connectivity index (χ2n) is 7.37. The Morgan fingerprint density at radius 3 is 1.91 bits per heavy atom. The molecule has 3 aromatic carbocycles. The van der Waals surface area contributed by atoms with Crippen molar-refractivity contribution in [3.05, 3.63) is 113 Å². The van der Waals surface area contributed by atoms with Crippen LogP contribution in [0.3, 0.4) is 0 Å². The number of anilines is 3. The van der Waals surface area contributed by atoms with Crippen LogP contribution in [0.1, 0.15) is 37.7 Å². The Morgan fingerprint density at radius 2 is 1.25 bits per heavy atom. The van der Waals surface area contributed by atoms with Gasteiger partial charge in [-0.1, -0.05) is 48.5 Å². The van der Waals surface area contributed by atoms with Gasteiger partial charge in [0.1, 0.15) is 0 Å². The lowest BCUT2D eigenvalue weighted by Crippen LogP contribution is -2.17. The molecule has 0 aliphatic heterocycles. The molecule has 0 spiro atoms. The lowest BCUT2D eigenvalue weighted by atomic mass is 9.98. The second-order valence-corrected chi connectivity index (χ2v) is 7.37. The van der Waals surface area contributed by atoms with E-state index in [4.69, 9.17) is 0 Å². The predicted molar refractivity (Wildman–Crippen MR) is 126 cm³/mol. The minimum absolute atomic E-state index is 0.190. The summed E-state index contributed by atoms with van der Waals surface area (Å²) in [6, 6.07) is 24.9. The van der Waals surface area contributed by atoms with Crippen molar-refractivity contribution in [1.82, 2.24) is 9.97 Å². The Kier molecular flexibility index (Phi) is 6.03. The maximum absolute atomic E-state index is 12.9. The fourth-order valence-corrected chi connectivity index (χ4v) is 3.37. The number of nitrogens with one attached hydrogen (secondary N) is 2. The second kappa shape index (κ2) is 9.22. The van der Waals surface area contributed by atoms with Crippen LogP contribution in [0.4, 0.5) is 17.3 Å². The zero-order valence-electron chi connectivity index (χ0n) is 17.8. The van der Waals surface area contributed by atoms with Crippen molar-refractivity contribution in [3.8, 4) is 0 Å². The molecule has 0 fully saturated rings. The van der Waals surface area contributed by atoms with Crippen molar-refractivity contribution < 1.29 is 9.59 Å². The average molecular weight is 422 g/mol. The van der Waals surface area contributed by atoms with Gasteiger partial charge in [0.15, 0.2) is 5.78 Å². The van der Waals surface area contributed by atoms with E-state index in [1.807, 2.05) is 38.1 Å². The van der Waals surface area contributed by atoms with Crippen molar-refractivity contribution in [1.29, 1.82) is 0 Å². The Bertz CT molecular complexity index is 1250. The Morgan fingerprint density at radius 1 is 0.688 bits per heavy atom. The van der Waals surface area contributed by atoms with Gasteiger partial charge >= 0.3 is 0 Å². The monoisotopic (exact) mass is 422 g/mol. The first-order chi connectivity index (χ1) is 15.5. The summed E-state index contributed by atoms with van der Waals surface area (Å²) in [5.41, 5.74) is 4.40. The predicted octanol–water partition coefficient (Wildman–Crippen LogP) is 5.32. The molecule has 4 aromatic rings. The van der Waals surface area contributed by atoms with Gasteiger partial charge in [0.05, 0.1) is 5.56 Å². The number of hydrogen-bond acceptors (Lipinski definition) is 5. The van der Waals surface area contributed by atoms with E-state index in [9.17, 15) is 9.59 Å².